The Morgan fingerprint density at radius 1 is 0.875 bits per heavy atom. The van der Waals surface area contributed by atoms with Gasteiger partial charge in [-0.2, -0.15) is 0 Å². The van der Waals surface area contributed by atoms with E-state index in [2.05, 4.69) is 13.2 Å². The SMILES string of the molecule is C=C(C(=C)[S@@](=O)CCCC)S(=O)CCCC. The van der Waals surface area contributed by atoms with Crippen LogP contribution in [0.5, 0.6) is 0 Å². The molecule has 0 N–H and O–H groups in total. The summed E-state index contributed by atoms with van der Waals surface area (Å²) in [6, 6.07) is 0. The van der Waals surface area contributed by atoms with Gasteiger partial charge in [-0.3, -0.25) is 8.42 Å². The largest absolute Gasteiger partial charge is 0.254 e. The van der Waals surface area contributed by atoms with Gasteiger partial charge in [-0.1, -0.05) is 39.8 Å². The summed E-state index contributed by atoms with van der Waals surface area (Å²) in [5.74, 6) is 1.19. The standard InChI is InChI=1S/C12H22O2S2/c1-5-7-9-15(13)11(3)12(4)16(14)10-8-6-2/h3-10H2,1-2H3/t15-,16?/m0/s1. The van der Waals surface area contributed by atoms with Crippen molar-refractivity contribution in [3.63, 3.8) is 0 Å². The predicted molar refractivity (Wildman–Crippen MR) is 74.1 cm³/mol. The molecule has 4 heteroatoms. The van der Waals surface area contributed by atoms with Crippen LogP contribution in [-0.2, 0) is 21.6 Å². The molecule has 0 aliphatic carbocycles. The summed E-state index contributed by atoms with van der Waals surface area (Å²) in [6.07, 6.45) is 3.82. The Morgan fingerprint density at radius 3 is 1.44 bits per heavy atom. The van der Waals surface area contributed by atoms with Crippen LogP contribution >= 0.6 is 0 Å². The van der Waals surface area contributed by atoms with Crippen LogP contribution in [0.15, 0.2) is 23.0 Å². The molecule has 0 aliphatic heterocycles. The van der Waals surface area contributed by atoms with Crippen molar-refractivity contribution in [1.82, 2.24) is 0 Å². The summed E-state index contributed by atoms with van der Waals surface area (Å²) in [5.41, 5.74) is 0. The van der Waals surface area contributed by atoms with Crippen LogP contribution in [0.1, 0.15) is 39.5 Å². The molecule has 2 nitrogen and oxygen atoms in total. The molecule has 1 unspecified atom stereocenters. The quantitative estimate of drug-likeness (QED) is 0.598. The van der Waals surface area contributed by atoms with Gasteiger partial charge in [0.25, 0.3) is 0 Å². The summed E-state index contributed by atoms with van der Waals surface area (Å²) in [7, 11) is -2.22. The van der Waals surface area contributed by atoms with Crippen molar-refractivity contribution >= 4 is 21.6 Å². The molecule has 0 saturated carbocycles. The third-order valence-corrected chi connectivity index (χ3v) is 5.27. The number of unbranched alkanes of at least 4 members (excludes halogenated alkanes) is 2. The average Bonchev–Trinajstić information content (AvgIpc) is 2.30. The monoisotopic (exact) mass is 262 g/mol. The number of hydrogen-bond acceptors (Lipinski definition) is 2. The Kier molecular flexibility index (Phi) is 8.76. The first-order chi connectivity index (χ1) is 7.54. The molecule has 0 aromatic rings. The fraction of sp³-hybridized carbons (Fsp3) is 0.667. The fourth-order valence-electron chi connectivity index (χ4n) is 1.05. The van der Waals surface area contributed by atoms with Crippen LogP contribution in [-0.4, -0.2) is 19.9 Å². The highest BCUT2D eigenvalue weighted by Crippen LogP contribution is 2.16. The van der Waals surface area contributed by atoms with Crippen molar-refractivity contribution in [1.29, 1.82) is 0 Å². The minimum absolute atomic E-state index is 0.461. The molecule has 0 radical (unpaired) electrons. The Bertz CT molecular complexity index is 265. The van der Waals surface area contributed by atoms with E-state index in [1.165, 1.54) is 0 Å². The van der Waals surface area contributed by atoms with Crippen LogP contribution in [0.2, 0.25) is 0 Å². The van der Waals surface area contributed by atoms with E-state index < -0.39 is 21.6 Å². The van der Waals surface area contributed by atoms with Gasteiger partial charge in [0.15, 0.2) is 0 Å². The number of hydrogen-bond donors (Lipinski definition) is 0. The molecule has 0 aromatic carbocycles. The van der Waals surface area contributed by atoms with Crippen LogP contribution in [0.3, 0.4) is 0 Å². The van der Waals surface area contributed by atoms with Crippen molar-refractivity contribution in [2.24, 2.45) is 0 Å². The van der Waals surface area contributed by atoms with Gasteiger partial charge in [0.2, 0.25) is 0 Å². The lowest BCUT2D eigenvalue weighted by Crippen LogP contribution is -2.07. The van der Waals surface area contributed by atoms with E-state index in [0.717, 1.165) is 25.7 Å². The summed E-state index contributed by atoms with van der Waals surface area (Å²) in [5, 5.41) is 0. The maximum absolute atomic E-state index is 11.7. The molecular formula is C12H22O2S2. The van der Waals surface area contributed by atoms with Gasteiger partial charge in [-0.15, -0.1) is 0 Å². The van der Waals surface area contributed by atoms with Crippen LogP contribution in [0.25, 0.3) is 0 Å². The topological polar surface area (TPSA) is 34.1 Å². The van der Waals surface area contributed by atoms with Crippen molar-refractivity contribution in [2.45, 2.75) is 39.5 Å². The van der Waals surface area contributed by atoms with Crippen molar-refractivity contribution in [2.75, 3.05) is 11.5 Å². The van der Waals surface area contributed by atoms with Crippen LogP contribution < -0.4 is 0 Å². The van der Waals surface area contributed by atoms with Crippen molar-refractivity contribution in [3.05, 3.63) is 23.0 Å². The maximum Gasteiger partial charge on any atom is 0.0535 e. The van der Waals surface area contributed by atoms with Gasteiger partial charge in [-0.05, 0) is 12.8 Å². The zero-order chi connectivity index (χ0) is 12.6. The third-order valence-electron chi connectivity index (χ3n) is 2.23. The molecule has 2 atom stereocenters. The lowest BCUT2D eigenvalue weighted by Gasteiger charge is -2.08. The van der Waals surface area contributed by atoms with Gasteiger partial charge in [0.05, 0.1) is 21.6 Å². The van der Waals surface area contributed by atoms with Crippen molar-refractivity contribution < 1.29 is 8.42 Å². The lowest BCUT2D eigenvalue weighted by atomic mass is 10.4. The van der Waals surface area contributed by atoms with E-state index in [0.29, 0.717) is 21.3 Å². The first kappa shape index (κ1) is 15.8. The second kappa shape index (κ2) is 8.88. The molecule has 16 heavy (non-hydrogen) atoms. The Morgan fingerprint density at radius 2 is 1.19 bits per heavy atom. The van der Waals surface area contributed by atoms with Gasteiger partial charge < -0.3 is 0 Å². The highest BCUT2D eigenvalue weighted by molar-refractivity contribution is 7.94. The second-order valence-corrected chi connectivity index (χ2v) is 6.84. The summed E-state index contributed by atoms with van der Waals surface area (Å²) in [6.45, 7) is 11.6. The normalized spacial score (nSPS) is 14.4. The Hall–Kier alpha value is -0.220. The van der Waals surface area contributed by atoms with E-state index in [1.54, 1.807) is 0 Å². The Labute approximate surface area is 104 Å². The minimum Gasteiger partial charge on any atom is -0.254 e. The van der Waals surface area contributed by atoms with E-state index in [-0.39, 0.29) is 0 Å². The minimum atomic E-state index is -1.11. The molecule has 0 fully saturated rings. The third kappa shape index (κ3) is 5.75. The van der Waals surface area contributed by atoms with E-state index in [1.807, 2.05) is 13.8 Å². The van der Waals surface area contributed by atoms with E-state index >= 15 is 0 Å². The predicted octanol–water partition coefficient (Wildman–Crippen LogP) is 3.11. The van der Waals surface area contributed by atoms with Crippen LogP contribution in [0.4, 0.5) is 0 Å². The van der Waals surface area contributed by atoms with Crippen molar-refractivity contribution in [3.8, 4) is 0 Å². The smallest absolute Gasteiger partial charge is 0.0535 e. The Balaban J connectivity index is 4.21. The summed E-state index contributed by atoms with van der Waals surface area (Å²) < 4.78 is 23.5. The van der Waals surface area contributed by atoms with E-state index in [4.69, 9.17) is 0 Å². The lowest BCUT2D eigenvalue weighted by molar-refractivity contribution is 0.680. The first-order valence-corrected chi connectivity index (χ1v) is 8.33. The average molecular weight is 262 g/mol. The van der Waals surface area contributed by atoms with Gasteiger partial charge in [-0.25, -0.2) is 0 Å². The number of rotatable bonds is 9. The molecule has 0 heterocycles. The van der Waals surface area contributed by atoms with Gasteiger partial charge >= 0.3 is 0 Å². The molecule has 0 aliphatic rings. The second-order valence-electron chi connectivity index (χ2n) is 3.65. The van der Waals surface area contributed by atoms with Gasteiger partial charge in [0, 0.05) is 21.3 Å². The molecule has 0 bridgehead atoms. The van der Waals surface area contributed by atoms with Crippen LogP contribution in [0, 0.1) is 0 Å². The highest BCUT2D eigenvalue weighted by Gasteiger charge is 2.13. The zero-order valence-corrected chi connectivity index (χ0v) is 11.9. The molecule has 0 aromatic heterocycles. The summed E-state index contributed by atoms with van der Waals surface area (Å²) in [4.78, 5) is 0.922. The molecule has 0 amide bonds. The zero-order valence-electron chi connectivity index (χ0n) is 10.3. The molecular weight excluding hydrogens is 240 g/mol. The highest BCUT2D eigenvalue weighted by atomic mass is 32.2. The molecule has 94 valence electrons. The van der Waals surface area contributed by atoms with Gasteiger partial charge in [0.1, 0.15) is 0 Å². The molecule has 0 spiro atoms. The molecule has 0 rings (SSSR count). The molecule has 0 saturated heterocycles. The fourth-order valence-corrected chi connectivity index (χ4v) is 3.71. The first-order valence-electron chi connectivity index (χ1n) is 5.69. The van der Waals surface area contributed by atoms with E-state index in [9.17, 15) is 8.42 Å². The maximum atomic E-state index is 11.7. The summed E-state index contributed by atoms with van der Waals surface area (Å²) >= 11 is 0.